The number of amides is 1. The van der Waals surface area contributed by atoms with E-state index in [0.29, 0.717) is 23.8 Å². The first-order chi connectivity index (χ1) is 11.6. The van der Waals surface area contributed by atoms with Crippen LogP contribution in [-0.2, 0) is 6.42 Å². The van der Waals surface area contributed by atoms with E-state index in [2.05, 4.69) is 0 Å². The first-order valence-electron chi connectivity index (χ1n) is 7.92. The van der Waals surface area contributed by atoms with Gasteiger partial charge in [-0.25, -0.2) is 4.79 Å². The maximum atomic E-state index is 12.5. The van der Waals surface area contributed by atoms with Gasteiger partial charge in [-0.1, -0.05) is 18.2 Å². The van der Waals surface area contributed by atoms with Crippen molar-refractivity contribution >= 4 is 6.09 Å². The monoisotopic (exact) mass is 327 g/mol. The fourth-order valence-corrected chi connectivity index (χ4v) is 3.04. The molecular weight excluding hydrogens is 306 g/mol. The molecule has 1 heterocycles. The van der Waals surface area contributed by atoms with Crippen LogP contribution in [0.1, 0.15) is 24.1 Å². The predicted octanol–water partition coefficient (Wildman–Crippen LogP) is 3.82. The molecule has 5 nitrogen and oxygen atoms in total. The normalized spacial score (nSPS) is 16.3. The lowest BCUT2D eigenvalue weighted by Crippen LogP contribution is -2.40. The molecule has 2 aromatic carbocycles. The van der Waals surface area contributed by atoms with E-state index in [1.165, 1.54) is 5.56 Å². The largest absolute Gasteiger partial charge is 0.493 e. The van der Waals surface area contributed by atoms with Gasteiger partial charge in [0.2, 0.25) is 0 Å². The summed E-state index contributed by atoms with van der Waals surface area (Å²) in [7, 11) is 3.24. The van der Waals surface area contributed by atoms with E-state index in [1.54, 1.807) is 31.3 Å². The Balaban J connectivity index is 1.83. The van der Waals surface area contributed by atoms with Gasteiger partial charge >= 0.3 is 6.09 Å². The standard InChI is InChI=1S/C19H21NO4/c1-13-16-12-18(23-3)17(22-2)11-14(16)9-10-20(13)19(21)24-15-7-5-4-6-8-15/h4-8,11-13H,9-10H2,1-3H3. The first-order valence-corrected chi connectivity index (χ1v) is 7.92. The summed E-state index contributed by atoms with van der Waals surface area (Å²) in [5, 5.41) is 0. The molecular formula is C19H21NO4. The Morgan fingerprint density at radius 2 is 1.75 bits per heavy atom. The Labute approximate surface area is 141 Å². The summed E-state index contributed by atoms with van der Waals surface area (Å²) in [6.45, 7) is 2.60. The number of para-hydroxylation sites is 1. The van der Waals surface area contributed by atoms with Crippen LogP contribution in [-0.4, -0.2) is 31.8 Å². The van der Waals surface area contributed by atoms with Gasteiger partial charge in [-0.3, -0.25) is 0 Å². The quantitative estimate of drug-likeness (QED) is 0.860. The van der Waals surface area contributed by atoms with Gasteiger partial charge in [0.15, 0.2) is 11.5 Å². The van der Waals surface area contributed by atoms with Crippen molar-refractivity contribution in [2.45, 2.75) is 19.4 Å². The molecule has 0 fully saturated rings. The zero-order chi connectivity index (χ0) is 17.1. The smallest absolute Gasteiger partial charge is 0.415 e. The van der Waals surface area contributed by atoms with Gasteiger partial charge in [0, 0.05) is 6.54 Å². The average molecular weight is 327 g/mol. The van der Waals surface area contributed by atoms with Gasteiger partial charge in [-0.15, -0.1) is 0 Å². The number of rotatable bonds is 3. The summed E-state index contributed by atoms with van der Waals surface area (Å²) in [6.07, 6.45) is 0.415. The molecule has 0 aliphatic carbocycles. The molecule has 1 unspecified atom stereocenters. The molecule has 0 aromatic heterocycles. The zero-order valence-corrected chi connectivity index (χ0v) is 14.1. The molecule has 1 atom stereocenters. The molecule has 1 aliphatic rings. The van der Waals surface area contributed by atoms with Gasteiger partial charge < -0.3 is 19.1 Å². The molecule has 1 aliphatic heterocycles. The maximum Gasteiger partial charge on any atom is 0.415 e. The molecule has 24 heavy (non-hydrogen) atoms. The minimum absolute atomic E-state index is 0.0928. The topological polar surface area (TPSA) is 48.0 Å². The number of nitrogens with zero attached hydrogens (tertiary/aromatic N) is 1. The third-order valence-corrected chi connectivity index (χ3v) is 4.37. The van der Waals surface area contributed by atoms with Crippen molar-refractivity contribution in [2.75, 3.05) is 20.8 Å². The molecule has 2 aromatic rings. The number of hydrogen-bond donors (Lipinski definition) is 0. The number of carbonyl (C=O) groups is 1. The predicted molar refractivity (Wildman–Crippen MR) is 90.8 cm³/mol. The van der Waals surface area contributed by atoms with E-state index in [1.807, 2.05) is 37.3 Å². The van der Waals surface area contributed by atoms with Gasteiger partial charge in [-0.2, -0.15) is 0 Å². The molecule has 126 valence electrons. The number of methoxy groups -OCH3 is 2. The van der Waals surface area contributed by atoms with Crippen LogP contribution < -0.4 is 14.2 Å². The molecule has 0 N–H and O–H groups in total. The third kappa shape index (κ3) is 3.02. The van der Waals surface area contributed by atoms with Crippen LogP contribution in [0.3, 0.4) is 0 Å². The van der Waals surface area contributed by atoms with Gasteiger partial charge in [0.05, 0.1) is 20.3 Å². The summed E-state index contributed by atoms with van der Waals surface area (Å²) >= 11 is 0. The van der Waals surface area contributed by atoms with Crippen molar-refractivity contribution in [3.63, 3.8) is 0 Å². The van der Waals surface area contributed by atoms with Crippen molar-refractivity contribution in [1.82, 2.24) is 4.90 Å². The zero-order valence-electron chi connectivity index (χ0n) is 14.1. The maximum absolute atomic E-state index is 12.5. The lowest BCUT2D eigenvalue weighted by atomic mass is 9.93. The number of benzene rings is 2. The fraction of sp³-hybridized carbons (Fsp3) is 0.316. The summed E-state index contributed by atoms with van der Waals surface area (Å²) in [6, 6.07) is 13.0. The van der Waals surface area contributed by atoms with Gasteiger partial charge in [0.25, 0.3) is 0 Å². The van der Waals surface area contributed by atoms with Crippen LogP contribution in [0.5, 0.6) is 17.2 Å². The number of ether oxygens (including phenoxy) is 3. The molecule has 0 bridgehead atoms. The molecule has 0 spiro atoms. The highest BCUT2D eigenvalue weighted by atomic mass is 16.6. The van der Waals surface area contributed by atoms with Gasteiger partial charge in [-0.05, 0) is 48.7 Å². The van der Waals surface area contributed by atoms with E-state index in [9.17, 15) is 4.79 Å². The second kappa shape index (κ2) is 6.83. The molecule has 0 saturated carbocycles. The van der Waals surface area contributed by atoms with Crippen molar-refractivity contribution in [3.8, 4) is 17.2 Å². The highest BCUT2D eigenvalue weighted by molar-refractivity contribution is 5.72. The van der Waals surface area contributed by atoms with Crippen LogP contribution in [0.4, 0.5) is 4.79 Å². The molecule has 3 rings (SSSR count). The van der Waals surface area contributed by atoms with Gasteiger partial charge in [0.1, 0.15) is 5.75 Å². The molecule has 5 heteroatoms. The molecule has 0 saturated heterocycles. The minimum atomic E-state index is -0.339. The van der Waals surface area contributed by atoms with E-state index in [0.717, 1.165) is 12.0 Å². The lowest BCUT2D eigenvalue weighted by molar-refractivity contribution is 0.131. The Kier molecular flexibility index (Phi) is 4.60. The Hall–Kier alpha value is -2.69. The van der Waals surface area contributed by atoms with Crippen molar-refractivity contribution in [3.05, 3.63) is 53.6 Å². The Morgan fingerprint density at radius 1 is 1.08 bits per heavy atom. The van der Waals surface area contributed by atoms with Crippen LogP contribution >= 0.6 is 0 Å². The average Bonchev–Trinajstić information content (AvgIpc) is 2.61. The van der Waals surface area contributed by atoms with E-state index in [4.69, 9.17) is 14.2 Å². The third-order valence-electron chi connectivity index (χ3n) is 4.37. The fourth-order valence-electron chi connectivity index (χ4n) is 3.04. The van der Waals surface area contributed by atoms with E-state index < -0.39 is 0 Å². The summed E-state index contributed by atoms with van der Waals surface area (Å²) in [5.74, 6) is 1.93. The van der Waals surface area contributed by atoms with Crippen LogP contribution in [0.25, 0.3) is 0 Å². The van der Waals surface area contributed by atoms with Crippen LogP contribution in [0.15, 0.2) is 42.5 Å². The van der Waals surface area contributed by atoms with Crippen LogP contribution in [0.2, 0.25) is 0 Å². The summed E-state index contributed by atoms with van der Waals surface area (Å²) in [4.78, 5) is 14.3. The minimum Gasteiger partial charge on any atom is -0.493 e. The van der Waals surface area contributed by atoms with E-state index >= 15 is 0 Å². The number of fused-ring (bicyclic) bond motifs is 1. The lowest BCUT2D eigenvalue weighted by Gasteiger charge is -2.34. The summed E-state index contributed by atoms with van der Waals surface area (Å²) < 4.78 is 16.2. The first kappa shape index (κ1) is 16.2. The SMILES string of the molecule is COc1cc2c(cc1OC)C(C)N(C(=O)Oc1ccccc1)CC2. The molecule has 0 radical (unpaired) electrons. The van der Waals surface area contributed by atoms with E-state index in [-0.39, 0.29) is 12.1 Å². The Bertz CT molecular complexity index is 730. The molecule has 1 amide bonds. The Morgan fingerprint density at radius 3 is 2.42 bits per heavy atom. The number of carbonyl (C=O) groups excluding carboxylic acids is 1. The van der Waals surface area contributed by atoms with Crippen LogP contribution in [0, 0.1) is 0 Å². The second-order valence-corrected chi connectivity index (χ2v) is 5.71. The highest BCUT2D eigenvalue weighted by Crippen LogP contribution is 2.38. The second-order valence-electron chi connectivity index (χ2n) is 5.71. The number of hydrogen-bond acceptors (Lipinski definition) is 4. The summed E-state index contributed by atoms with van der Waals surface area (Å²) in [5.41, 5.74) is 2.23. The van der Waals surface area contributed by atoms with Crippen molar-refractivity contribution < 1.29 is 19.0 Å². The van der Waals surface area contributed by atoms with Crippen molar-refractivity contribution in [2.24, 2.45) is 0 Å². The van der Waals surface area contributed by atoms with Crippen molar-refractivity contribution in [1.29, 1.82) is 0 Å². The highest BCUT2D eigenvalue weighted by Gasteiger charge is 2.30.